The van der Waals surface area contributed by atoms with E-state index in [4.69, 9.17) is 16.3 Å². The van der Waals surface area contributed by atoms with E-state index in [-0.39, 0.29) is 5.38 Å². The maximum Gasteiger partial charge on any atom is 0.218 e. The monoisotopic (exact) mass is 283 g/mol. The van der Waals surface area contributed by atoms with Gasteiger partial charge in [0.25, 0.3) is 0 Å². The highest BCUT2D eigenvalue weighted by Gasteiger charge is 2.23. The van der Waals surface area contributed by atoms with Crippen LogP contribution in [-0.4, -0.2) is 35.0 Å². The number of aromatic nitrogens is 2. The molecule has 0 spiro atoms. The minimum absolute atomic E-state index is 0.260. The molecule has 1 fully saturated rings. The molecule has 1 aliphatic heterocycles. The highest BCUT2D eigenvalue weighted by atomic mass is 35.5. The Hall–Kier alpha value is -1.03. The minimum Gasteiger partial charge on any atom is -0.478 e. The zero-order valence-corrected chi connectivity index (χ0v) is 12.4. The Balaban J connectivity index is 1.95. The number of hydrogen-bond acceptors (Lipinski definition) is 4. The Morgan fingerprint density at radius 3 is 2.79 bits per heavy atom. The predicted octanol–water partition coefficient (Wildman–Crippen LogP) is 3.11. The Labute approximate surface area is 120 Å². The van der Waals surface area contributed by atoms with Gasteiger partial charge in [0.2, 0.25) is 5.88 Å². The number of alkyl halides is 1. The van der Waals surface area contributed by atoms with Crippen LogP contribution in [-0.2, 0) is 0 Å². The van der Waals surface area contributed by atoms with Gasteiger partial charge in [0.05, 0.1) is 6.61 Å². The molecule has 1 aliphatic rings. The van der Waals surface area contributed by atoms with Crippen LogP contribution in [0.3, 0.4) is 0 Å². The lowest BCUT2D eigenvalue weighted by Gasteiger charge is -2.33. The molecule has 1 aromatic heterocycles. The van der Waals surface area contributed by atoms with Crippen LogP contribution in [0.25, 0.3) is 0 Å². The summed E-state index contributed by atoms with van der Waals surface area (Å²) < 4.78 is 5.55. The normalized spacial score (nSPS) is 18.4. The first-order valence-corrected chi connectivity index (χ1v) is 7.48. The number of rotatable bonds is 5. The Morgan fingerprint density at radius 2 is 2.16 bits per heavy atom. The van der Waals surface area contributed by atoms with Crippen molar-refractivity contribution in [2.24, 2.45) is 5.92 Å². The van der Waals surface area contributed by atoms with Gasteiger partial charge in [-0.2, -0.15) is 0 Å². The highest BCUT2D eigenvalue weighted by Crippen LogP contribution is 2.27. The van der Waals surface area contributed by atoms with E-state index in [1.54, 1.807) is 6.33 Å². The molecular weight excluding hydrogens is 262 g/mol. The van der Waals surface area contributed by atoms with E-state index >= 15 is 0 Å². The number of nitrogens with zero attached hydrogens (tertiary/aromatic N) is 3. The van der Waals surface area contributed by atoms with Crippen molar-refractivity contribution in [3.63, 3.8) is 0 Å². The predicted molar refractivity (Wildman–Crippen MR) is 78.1 cm³/mol. The zero-order valence-electron chi connectivity index (χ0n) is 11.7. The fourth-order valence-corrected chi connectivity index (χ4v) is 2.63. The Kier molecular flexibility index (Phi) is 5.25. The van der Waals surface area contributed by atoms with Gasteiger partial charge in [0.15, 0.2) is 0 Å². The SMILES string of the molecule is CCCOc1cc(N2CCC(C(C)Cl)CC2)ncn1. The lowest BCUT2D eigenvalue weighted by Crippen LogP contribution is -2.36. The zero-order chi connectivity index (χ0) is 13.7. The molecule has 1 aromatic rings. The second-order valence-corrected chi connectivity index (χ2v) is 5.75. The van der Waals surface area contributed by atoms with Gasteiger partial charge in [-0.05, 0) is 32.1 Å². The van der Waals surface area contributed by atoms with Crippen LogP contribution in [0.1, 0.15) is 33.1 Å². The summed E-state index contributed by atoms with van der Waals surface area (Å²) in [7, 11) is 0. The lowest BCUT2D eigenvalue weighted by atomic mass is 9.94. The molecule has 19 heavy (non-hydrogen) atoms. The third-order valence-electron chi connectivity index (χ3n) is 3.59. The molecule has 1 saturated heterocycles. The van der Waals surface area contributed by atoms with E-state index in [9.17, 15) is 0 Å². The molecule has 4 nitrogen and oxygen atoms in total. The molecular formula is C14H22ClN3O. The van der Waals surface area contributed by atoms with Crippen molar-refractivity contribution >= 4 is 17.4 Å². The van der Waals surface area contributed by atoms with Crippen LogP contribution in [0.5, 0.6) is 5.88 Å². The number of halogens is 1. The van der Waals surface area contributed by atoms with Crippen LogP contribution < -0.4 is 9.64 Å². The standard InChI is InChI=1S/C14H22ClN3O/c1-3-8-19-14-9-13(16-10-17-14)18-6-4-12(5-7-18)11(2)15/h9-12H,3-8H2,1-2H3. The largest absolute Gasteiger partial charge is 0.478 e. The lowest BCUT2D eigenvalue weighted by molar-refractivity contribution is 0.304. The summed E-state index contributed by atoms with van der Waals surface area (Å²) >= 11 is 6.17. The van der Waals surface area contributed by atoms with Gasteiger partial charge in [0, 0.05) is 24.5 Å². The average molecular weight is 284 g/mol. The van der Waals surface area contributed by atoms with Gasteiger partial charge in [0.1, 0.15) is 12.1 Å². The molecule has 0 radical (unpaired) electrons. The van der Waals surface area contributed by atoms with E-state index in [0.29, 0.717) is 18.4 Å². The maximum absolute atomic E-state index is 6.17. The van der Waals surface area contributed by atoms with Gasteiger partial charge in [-0.1, -0.05) is 6.92 Å². The van der Waals surface area contributed by atoms with Gasteiger partial charge in [-0.15, -0.1) is 11.6 Å². The first-order chi connectivity index (χ1) is 9.20. The van der Waals surface area contributed by atoms with Crippen molar-refractivity contribution in [2.75, 3.05) is 24.6 Å². The quantitative estimate of drug-likeness (QED) is 0.778. The fourth-order valence-electron chi connectivity index (χ4n) is 2.38. The van der Waals surface area contributed by atoms with Gasteiger partial charge >= 0.3 is 0 Å². The molecule has 0 saturated carbocycles. The van der Waals surface area contributed by atoms with Crippen LogP contribution in [0.4, 0.5) is 5.82 Å². The Bertz CT molecular complexity index is 392. The number of piperidine rings is 1. The van der Waals surface area contributed by atoms with Crippen molar-refractivity contribution < 1.29 is 4.74 Å². The smallest absolute Gasteiger partial charge is 0.218 e. The van der Waals surface area contributed by atoms with Gasteiger partial charge in [-0.25, -0.2) is 9.97 Å². The summed E-state index contributed by atoms with van der Waals surface area (Å²) in [4.78, 5) is 10.8. The molecule has 106 valence electrons. The van der Waals surface area contributed by atoms with Crippen LogP contribution >= 0.6 is 11.6 Å². The van der Waals surface area contributed by atoms with Crippen molar-refractivity contribution in [3.8, 4) is 5.88 Å². The molecule has 0 aliphatic carbocycles. The summed E-state index contributed by atoms with van der Waals surface area (Å²) in [5.41, 5.74) is 0. The average Bonchev–Trinajstić information content (AvgIpc) is 2.45. The number of anilines is 1. The van der Waals surface area contributed by atoms with Gasteiger partial charge < -0.3 is 9.64 Å². The summed E-state index contributed by atoms with van der Waals surface area (Å²) in [6, 6.07) is 1.93. The van der Waals surface area contributed by atoms with E-state index in [2.05, 4.69) is 28.7 Å². The number of hydrogen-bond donors (Lipinski definition) is 0. The second-order valence-electron chi connectivity index (χ2n) is 5.06. The third kappa shape index (κ3) is 3.96. The summed E-state index contributed by atoms with van der Waals surface area (Å²) in [6.07, 6.45) is 4.81. The van der Waals surface area contributed by atoms with E-state index in [0.717, 1.165) is 38.2 Å². The molecule has 2 heterocycles. The van der Waals surface area contributed by atoms with Crippen LogP contribution in [0, 0.1) is 5.92 Å². The maximum atomic E-state index is 6.17. The summed E-state index contributed by atoms with van der Waals surface area (Å²) in [5.74, 6) is 2.25. The molecule has 1 unspecified atom stereocenters. The third-order valence-corrected chi connectivity index (χ3v) is 3.95. The fraction of sp³-hybridized carbons (Fsp3) is 0.714. The molecule has 0 N–H and O–H groups in total. The highest BCUT2D eigenvalue weighted by molar-refractivity contribution is 6.20. The first-order valence-electron chi connectivity index (χ1n) is 7.04. The minimum atomic E-state index is 0.260. The van der Waals surface area contributed by atoms with E-state index < -0.39 is 0 Å². The van der Waals surface area contributed by atoms with Crippen molar-refractivity contribution in [3.05, 3.63) is 12.4 Å². The summed E-state index contributed by atoms with van der Waals surface area (Å²) in [6.45, 7) is 6.88. The second kappa shape index (κ2) is 6.94. The molecule has 0 amide bonds. The number of ether oxygens (including phenoxy) is 1. The molecule has 2 rings (SSSR count). The van der Waals surface area contributed by atoms with Crippen molar-refractivity contribution in [1.82, 2.24) is 9.97 Å². The topological polar surface area (TPSA) is 38.2 Å². The Morgan fingerprint density at radius 1 is 1.42 bits per heavy atom. The van der Waals surface area contributed by atoms with Crippen molar-refractivity contribution in [2.45, 2.75) is 38.5 Å². The molecule has 5 heteroatoms. The van der Waals surface area contributed by atoms with Gasteiger partial charge in [-0.3, -0.25) is 0 Å². The first kappa shape index (κ1) is 14.4. The molecule has 0 aromatic carbocycles. The van der Waals surface area contributed by atoms with E-state index in [1.807, 2.05) is 6.07 Å². The molecule has 1 atom stereocenters. The molecule has 0 bridgehead atoms. The van der Waals surface area contributed by atoms with E-state index in [1.165, 1.54) is 0 Å². The van der Waals surface area contributed by atoms with Crippen LogP contribution in [0.2, 0.25) is 0 Å². The summed E-state index contributed by atoms with van der Waals surface area (Å²) in [5, 5.41) is 0.260. The van der Waals surface area contributed by atoms with Crippen LogP contribution in [0.15, 0.2) is 12.4 Å². The van der Waals surface area contributed by atoms with Crippen molar-refractivity contribution in [1.29, 1.82) is 0 Å².